The minimum atomic E-state index is -0.489. The highest BCUT2D eigenvalue weighted by Crippen LogP contribution is 2.34. The minimum absolute atomic E-state index is 0.268. The Hall–Kier alpha value is -3.00. The number of hydrogen-bond acceptors (Lipinski definition) is 4. The molecule has 1 aliphatic rings. The lowest BCUT2D eigenvalue weighted by Gasteiger charge is -2.15. The van der Waals surface area contributed by atoms with E-state index in [1.54, 1.807) is 18.2 Å². The number of halogens is 2. The Balaban J connectivity index is 1.55. The Bertz CT molecular complexity index is 1440. The summed E-state index contributed by atoms with van der Waals surface area (Å²) in [7, 11) is 0. The summed E-state index contributed by atoms with van der Waals surface area (Å²) in [6, 6.07) is 11.2. The van der Waals surface area contributed by atoms with Gasteiger partial charge in [0.1, 0.15) is 6.54 Å². The third kappa shape index (κ3) is 5.09. The fourth-order valence-corrected chi connectivity index (χ4v) is 5.55. The third-order valence-corrected chi connectivity index (χ3v) is 7.68. The maximum atomic E-state index is 13.0. The van der Waals surface area contributed by atoms with Crippen molar-refractivity contribution in [2.75, 3.05) is 11.9 Å². The van der Waals surface area contributed by atoms with Gasteiger partial charge in [0.05, 0.1) is 15.0 Å². The van der Waals surface area contributed by atoms with Crippen LogP contribution in [0.3, 0.4) is 0 Å². The van der Waals surface area contributed by atoms with Crippen molar-refractivity contribution < 1.29 is 14.4 Å². The van der Waals surface area contributed by atoms with Crippen molar-refractivity contribution in [3.63, 3.8) is 0 Å². The molecule has 0 atom stereocenters. The van der Waals surface area contributed by atoms with Crippen LogP contribution in [0.25, 0.3) is 11.8 Å². The highest BCUT2D eigenvalue weighted by molar-refractivity contribution is 8.18. The molecular weight excluding hydrogens is 517 g/mol. The number of carbonyl (C=O) groups excluding carboxylic acids is 3. The van der Waals surface area contributed by atoms with Crippen molar-refractivity contribution in [3.05, 3.63) is 85.0 Å². The monoisotopic (exact) mass is 541 g/mol. The van der Waals surface area contributed by atoms with Crippen molar-refractivity contribution >= 4 is 63.8 Å². The van der Waals surface area contributed by atoms with E-state index in [2.05, 4.69) is 5.32 Å². The number of amides is 3. The van der Waals surface area contributed by atoms with Gasteiger partial charge in [-0.25, -0.2) is 0 Å². The summed E-state index contributed by atoms with van der Waals surface area (Å²) < 4.78 is 2.00. The summed E-state index contributed by atoms with van der Waals surface area (Å²) in [4.78, 5) is 39.6. The van der Waals surface area contributed by atoms with Crippen molar-refractivity contribution in [1.29, 1.82) is 0 Å². The predicted molar refractivity (Wildman–Crippen MR) is 147 cm³/mol. The number of nitrogens with zero attached hydrogens (tertiary/aromatic N) is 2. The SMILES string of the molecule is Cc1cc(C)c(NC(=O)CN2C(=O)S/C(=C\c3cc(C)n(-c4ccc(Cl)c(Cl)c4)c3C)C2=O)c(C)c1. The topological polar surface area (TPSA) is 71.4 Å². The van der Waals surface area contributed by atoms with E-state index in [1.807, 2.05) is 63.5 Å². The Morgan fingerprint density at radius 2 is 1.64 bits per heavy atom. The van der Waals surface area contributed by atoms with Crippen LogP contribution in [0.15, 0.2) is 41.3 Å². The number of imide groups is 1. The number of aromatic nitrogens is 1. The fraction of sp³-hybridized carbons (Fsp3) is 0.222. The molecule has 1 fully saturated rings. The smallest absolute Gasteiger partial charge is 0.294 e. The number of carbonyl (C=O) groups is 3. The lowest BCUT2D eigenvalue weighted by molar-refractivity contribution is -0.127. The lowest BCUT2D eigenvalue weighted by Crippen LogP contribution is -2.36. The van der Waals surface area contributed by atoms with Gasteiger partial charge in [0, 0.05) is 22.8 Å². The van der Waals surface area contributed by atoms with E-state index < -0.39 is 17.1 Å². The molecule has 1 aromatic heterocycles. The molecule has 1 saturated heterocycles. The molecule has 2 aromatic carbocycles. The summed E-state index contributed by atoms with van der Waals surface area (Å²) in [6.07, 6.45) is 1.69. The van der Waals surface area contributed by atoms with Gasteiger partial charge in [0.2, 0.25) is 5.91 Å². The molecule has 0 unspecified atom stereocenters. The van der Waals surface area contributed by atoms with Gasteiger partial charge >= 0.3 is 0 Å². The molecule has 1 aliphatic heterocycles. The maximum absolute atomic E-state index is 13.0. The van der Waals surface area contributed by atoms with Crippen LogP contribution >= 0.6 is 35.0 Å². The van der Waals surface area contributed by atoms with Crippen LogP contribution in [-0.4, -0.2) is 33.1 Å². The molecule has 2 heterocycles. The van der Waals surface area contributed by atoms with Crippen LogP contribution in [0.2, 0.25) is 10.0 Å². The molecule has 4 rings (SSSR count). The highest BCUT2D eigenvalue weighted by Gasteiger charge is 2.36. The molecule has 0 saturated carbocycles. The Labute approximate surface area is 224 Å². The second-order valence-electron chi connectivity index (χ2n) is 8.85. The molecule has 9 heteroatoms. The second-order valence-corrected chi connectivity index (χ2v) is 10.7. The summed E-state index contributed by atoms with van der Waals surface area (Å²) in [5, 5.41) is 3.28. The number of aryl methyl sites for hydroxylation is 4. The number of rotatable bonds is 5. The van der Waals surface area contributed by atoms with Gasteiger partial charge in [0.25, 0.3) is 11.1 Å². The van der Waals surface area contributed by atoms with E-state index >= 15 is 0 Å². The molecule has 36 heavy (non-hydrogen) atoms. The van der Waals surface area contributed by atoms with Gasteiger partial charge in [0.15, 0.2) is 0 Å². The molecule has 0 radical (unpaired) electrons. The first-order valence-electron chi connectivity index (χ1n) is 11.2. The van der Waals surface area contributed by atoms with Crippen LogP contribution in [0.1, 0.15) is 33.6 Å². The van der Waals surface area contributed by atoms with E-state index in [1.165, 1.54) is 0 Å². The normalized spacial score (nSPS) is 14.8. The van der Waals surface area contributed by atoms with Gasteiger partial charge in [-0.3, -0.25) is 19.3 Å². The first-order valence-corrected chi connectivity index (χ1v) is 12.8. The van der Waals surface area contributed by atoms with Crippen LogP contribution in [-0.2, 0) is 9.59 Å². The average Bonchev–Trinajstić information content (AvgIpc) is 3.22. The van der Waals surface area contributed by atoms with Gasteiger partial charge < -0.3 is 9.88 Å². The zero-order valence-electron chi connectivity index (χ0n) is 20.5. The van der Waals surface area contributed by atoms with Gasteiger partial charge in [-0.1, -0.05) is 40.9 Å². The third-order valence-electron chi connectivity index (χ3n) is 6.04. The first kappa shape index (κ1) is 26.1. The maximum Gasteiger partial charge on any atom is 0.294 e. The highest BCUT2D eigenvalue weighted by atomic mass is 35.5. The number of thioether (sulfide) groups is 1. The van der Waals surface area contributed by atoms with Crippen molar-refractivity contribution in [2.24, 2.45) is 0 Å². The zero-order valence-corrected chi connectivity index (χ0v) is 22.9. The van der Waals surface area contributed by atoms with Gasteiger partial charge in [-0.2, -0.15) is 0 Å². The molecule has 3 aromatic rings. The van der Waals surface area contributed by atoms with Crippen LogP contribution < -0.4 is 5.32 Å². The quantitative estimate of drug-likeness (QED) is 0.353. The molecule has 0 bridgehead atoms. The van der Waals surface area contributed by atoms with E-state index in [9.17, 15) is 14.4 Å². The van der Waals surface area contributed by atoms with Crippen LogP contribution in [0.4, 0.5) is 10.5 Å². The lowest BCUT2D eigenvalue weighted by atomic mass is 10.1. The van der Waals surface area contributed by atoms with Crippen molar-refractivity contribution in [1.82, 2.24) is 9.47 Å². The Morgan fingerprint density at radius 1 is 0.972 bits per heavy atom. The summed E-state index contributed by atoms with van der Waals surface area (Å²) in [6.45, 7) is 9.32. The van der Waals surface area contributed by atoms with Gasteiger partial charge in [-0.15, -0.1) is 0 Å². The van der Waals surface area contributed by atoms with Gasteiger partial charge in [-0.05, 0) is 93.4 Å². The molecule has 0 aliphatic carbocycles. The first-order chi connectivity index (χ1) is 17.0. The van der Waals surface area contributed by atoms with Crippen LogP contribution in [0, 0.1) is 34.6 Å². The summed E-state index contributed by atoms with van der Waals surface area (Å²) >= 11 is 13.1. The largest absolute Gasteiger partial charge is 0.324 e. The van der Waals surface area contributed by atoms with E-state index in [4.69, 9.17) is 23.2 Å². The molecular formula is C27H25Cl2N3O3S. The van der Waals surface area contributed by atoms with E-state index in [0.717, 1.165) is 56.0 Å². The molecule has 3 amide bonds. The summed E-state index contributed by atoms with van der Waals surface area (Å²) in [5.41, 5.74) is 7.07. The van der Waals surface area contributed by atoms with Crippen molar-refractivity contribution in [3.8, 4) is 5.69 Å². The second kappa shape index (κ2) is 10.2. The molecule has 1 N–H and O–H groups in total. The number of benzene rings is 2. The van der Waals surface area contributed by atoms with E-state index in [-0.39, 0.29) is 11.4 Å². The predicted octanol–water partition coefficient (Wildman–Crippen LogP) is 7.00. The standard InChI is InChI=1S/C27H25Cl2N3O3S/c1-14-8-15(2)25(16(3)9-14)30-24(33)13-31-26(34)23(36-27(31)35)11-19-10-17(4)32(18(19)5)20-6-7-21(28)22(29)12-20/h6-12H,13H2,1-5H3,(H,30,33)/b23-11-. The Morgan fingerprint density at radius 3 is 2.28 bits per heavy atom. The zero-order chi connectivity index (χ0) is 26.3. The molecule has 6 nitrogen and oxygen atoms in total. The Kier molecular flexibility index (Phi) is 7.36. The summed E-state index contributed by atoms with van der Waals surface area (Å²) in [5.74, 6) is -0.914. The molecule has 186 valence electrons. The number of anilines is 1. The minimum Gasteiger partial charge on any atom is -0.324 e. The average molecular weight is 542 g/mol. The number of nitrogens with one attached hydrogen (secondary N) is 1. The van der Waals surface area contributed by atoms with Crippen LogP contribution in [0.5, 0.6) is 0 Å². The molecule has 0 spiro atoms. The fourth-order valence-electron chi connectivity index (χ4n) is 4.43. The number of hydrogen-bond donors (Lipinski definition) is 1. The van der Waals surface area contributed by atoms with E-state index in [0.29, 0.717) is 15.7 Å². The van der Waals surface area contributed by atoms with Crippen molar-refractivity contribution in [2.45, 2.75) is 34.6 Å².